The van der Waals surface area contributed by atoms with Crippen molar-refractivity contribution in [3.63, 3.8) is 0 Å². The fourth-order valence-corrected chi connectivity index (χ4v) is 3.47. The molecule has 26 heavy (non-hydrogen) atoms. The highest BCUT2D eigenvalue weighted by molar-refractivity contribution is 6.15. The number of aromatic hydroxyl groups is 1. The predicted octanol–water partition coefficient (Wildman–Crippen LogP) is 4.15. The number of nitrogens with zero attached hydrogens (tertiary/aromatic N) is 2. The number of phenols is 1. The summed E-state index contributed by atoms with van der Waals surface area (Å²) in [7, 11) is 0. The first-order chi connectivity index (χ1) is 12.6. The Hall–Kier alpha value is -3.02. The van der Waals surface area contributed by atoms with Gasteiger partial charge >= 0.3 is 0 Å². The molecule has 0 radical (unpaired) electrons. The van der Waals surface area contributed by atoms with Crippen LogP contribution >= 0.6 is 0 Å². The molecule has 0 saturated heterocycles. The van der Waals surface area contributed by atoms with E-state index >= 15 is 0 Å². The zero-order valence-electron chi connectivity index (χ0n) is 14.9. The van der Waals surface area contributed by atoms with E-state index in [9.17, 15) is 9.90 Å². The van der Waals surface area contributed by atoms with Gasteiger partial charge in [-0.25, -0.2) is 4.98 Å². The lowest BCUT2D eigenvalue weighted by molar-refractivity contribution is 0.480. The first-order valence-corrected chi connectivity index (χ1v) is 8.96. The average molecular weight is 351 g/mol. The first-order valence-electron chi connectivity index (χ1n) is 8.96. The third-order valence-electron chi connectivity index (χ3n) is 4.58. The monoisotopic (exact) mass is 351 g/mol. The lowest BCUT2D eigenvalue weighted by atomic mass is 10.1. The van der Waals surface area contributed by atoms with Crippen LogP contribution in [0.2, 0.25) is 0 Å². The number of H-pyrrole nitrogens is 1. The van der Waals surface area contributed by atoms with Gasteiger partial charge in [-0.3, -0.25) is 9.78 Å². The molecule has 134 valence electrons. The second kappa shape index (κ2) is 6.37. The molecular weight excluding hydrogens is 330 g/mol. The standard InChI is InChI=1S/C20H21N3O3/c1-3-9-23(10-4-2)20-21-17-14(24)11-13-12-7-5-6-8-15(12)26-18(13)16(17)19(25)22-20/h5-8,11,24H,3-4,9-10H2,1-2H3,(H,21,22,25). The number of para-hydroxylation sites is 1. The quantitative estimate of drug-likeness (QED) is 0.564. The smallest absolute Gasteiger partial charge is 0.264 e. The summed E-state index contributed by atoms with van der Waals surface area (Å²) in [6, 6.07) is 9.16. The van der Waals surface area contributed by atoms with Gasteiger partial charge in [-0.1, -0.05) is 32.0 Å². The maximum atomic E-state index is 12.9. The summed E-state index contributed by atoms with van der Waals surface area (Å²) >= 11 is 0. The molecule has 0 unspecified atom stereocenters. The molecule has 2 aromatic carbocycles. The van der Waals surface area contributed by atoms with Crippen LogP contribution in [0.25, 0.3) is 32.8 Å². The minimum absolute atomic E-state index is 0.0145. The molecule has 0 spiro atoms. The topological polar surface area (TPSA) is 82.4 Å². The van der Waals surface area contributed by atoms with Crippen molar-refractivity contribution in [2.45, 2.75) is 26.7 Å². The predicted molar refractivity (Wildman–Crippen MR) is 104 cm³/mol. The van der Waals surface area contributed by atoms with Gasteiger partial charge in [-0.15, -0.1) is 0 Å². The van der Waals surface area contributed by atoms with Crippen LogP contribution in [-0.4, -0.2) is 28.2 Å². The molecule has 0 fully saturated rings. The highest BCUT2D eigenvalue weighted by atomic mass is 16.3. The molecule has 2 aromatic heterocycles. The molecule has 2 N–H and O–H groups in total. The number of hydrogen-bond donors (Lipinski definition) is 2. The van der Waals surface area contributed by atoms with Crippen molar-refractivity contribution >= 4 is 38.8 Å². The van der Waals surface area contributed by atoms with Crippen molar-refractivity contribution in [2.75, 3.05) is 18.0 Å². The molecule has 0 saturated carbocycles. The normalized spacial score (nSPS) is 11.6. The molecule has 4 rings (SSSR count). The summed E-state index contributed by atoms with van der Waals surface area (Å²) in [6.07, 6.45) is 1.88. The van der Waals surface area contributed by atoms with Gasteiger partial charge in [0.2, 0.25) is 5.95 Å². The number of aromatic nitrogens is 2. The van der Waals surface area contributed by atoms with E-state index in [1.807, 2.05) is 29.2 Å². The Balaban J connectivity index is 2.03. The summed E-state index contributed by atoms with van der Waals surface area (Å²) in [4.78, 5) is 22.3. The van der Waals surface area contributed by atoms with E-state index in [0.29, 0.717) is 22.5 Å². The van der Waals surface area contributed by atoms with E-state index in [0.717, 1.165) is 31.3 Å². The molecule has 6 heteroatoms. The third-order valence-corrected chi connectivity index (χ3v) is 4.58. The van der Waals surface area contributed by atoms with Crippen molar-refractivity contribution in [1.29, 1.82) is 0 Å². The van der Waals surface area contributed by atoms with E-state index in [1.165, 1.54) is 0 Å². The van der Waals surface area contributed by atoms with Crippen LogP contribution < -0.4 is 10.5 Å². The minimum atomic E-state index is -0.304. The van der Waals surface area contributed by atoms with Gasteiger partial charge < -0.3 is 14.4 Å². The molecule has 4 aromatic rings. The minimum Gasteiger partial charge on any atom is -0.506 e. The largest absolute Gasteiger partial charge is 0.506 e. The Morgan fingerprint density at radius 1 is 1.15 bits per heavy atom. The van der Waals surface area contributed by atoms with Gasteiger partial charge in [0.1, 0.15) is 22.2 Å². The van der Waals surface area contributed by atoms with Gasteiger partial charge in [0.15, 0.2) is 5.58 Å². The fraction of sp³-hybridized carbons (Fsp3) is 0.300. The van der Waals surface area contributed by atoms with Crippen LogP contribution in [0.3, 0.4) is 0 Å². The number of nitrogens with one attached hydrogen (secondary N) is 1. The van der Waals surface area contributed by atoms with E-state index in [1.54, 1.807) is 6.07 Å². The SMILES string of the molecule is CCCN(CCC)c1nc2c(O)cc3c4ccccc4oc3c2c(=O)[nH]1. The van der Waals surface area contributed by atoms with Gasteiger partial charge in [0.25, 0.3) is 5.56 Å². The van der Waals surface area contributed by atoms with Crippen LogP contribution in [0, 0.1) is 0 Å². The van der Waals surface area contributed by atoms with E-state index in [-0.39, 0.29) is 22.2 Å². The summed E-state index contributed by atoms with van der Waals surface area (Å²) in [5, 5.41) is 12.4. The lowest BCUT2D eigenvalue weighted by Gasteiger charge is -2.22. The zero-order valence-corrected chi connectivity index (χ0v) is 14.9. The summed E-state index contributed by atoms with van der Waals surface area (Å²) in [5.41, 5.74) is 1.10. The molecule has 6 nitrogen and oxygen atoms in total. The molecule has 2 heterocycles. The number of phenolic OH excluding ortho intramolecular Hbond substituents is 1. The Kier molecular flexibility index (Phi) is 4.03. The number of hydrogen-bond acceptors (Lipinski definition) is 5. The second-order valence-corrected chi connectivity index (χ2v) is 6.47. The number of rotatable bonds is 5. The third kappa shape index (κ3) is 2.49. The summed E-state index contributed by atoms with van der Waals surface area (Å²) in [5.74, 6) is 0.469. The Morgan fingerprint density at radius 2 is 1.88 bits per heavy atom. The number of anilines is 1. The number of furan rings is 1. The van der Waals surface area contributed by atoms with E-state index in [2.05, 4.69) is 23.8 Å². The maximum absolute atomic E-state index is 12.9. The maximum Gasteiger partial charge on any atom is 0.264 e. The summed E-state index contributed by atoms with van der Waals surface area (Å²) in [6.45, 7) is 5.74. The fourth-order valence-electron chi connectivity index (χ4n) is 3.47. The first kappa shape index (κ1) is 16.4. The van der Waals surface area contributed by atoms with Crippen molar-refractivity contribution in [2.24, 2.45) is 0 Å². The molecule has 0 aliphatic carbocycles. The Bertz CT molecular complexity index is 1150. The molecule has 0 aliphatic heterocycles. The number of benzene rings is 2. The lowest BCUT2D eigenvalue weighted by Crippen LogP contribution is -2.29. The second-order valence-electron chi connectivity index (χ2n) is 6.47. The van der Waals surface area contributed by atoms with Gasteiger partial charge in [0, 0.05) is 23.9 Å². The van der Waals surface area contributed by atoms with Crippen molar-refractivity contribution < 1.29 is 9.52 Å². The molecule has 0 bridgehead atoms. The average Bonchev–Trinajstić information content (AvgIpc) is 3.00. The molecule has 0 aliphatic rings. The summed E-state index contributed by atoms with van der Waals surface area (Å²) < 4.78 is 5.91. The van der Waals surface area contributed by atoms with Gasteiger partial charge in [-0.2, -0.15) is 0 Å². The van der Waals surface area contributed by atoms with Gasteiger partial charge in [0.05, 0.1) is 0 Å². The number of fused-ring (bicyclic) bond motifs is 5. The van der Waals surface area contributed by atoms with Crippen molar-refractivity contribution in [3.8, 4) is 5.75 Å². The number of aromatic amines is 1. The Labute approximate surface area is 150 Å². The van der Waals surface area contributed by atoms with E-state index in [4.69, 9.17) is 4.42 Å². The highest BCUT2D eigenvalue weighted by Crippen LogP contribution is 2.36. The zero-order chi connectivity index (χ0) is 18.3. The molecule has 0 atom stereocenters. The van der Waals surface area contributed by atoms with E-state index < -0.39 is 0 Å². The van der Waals surface area contributed by atoms with Crippen LogP contribution in [0.5, 0.6) is 5.75 Å². The van der Waals surface area contributed by atoms with Crippen LogP contribution in [0.4, 0.5) is 5.95 Å². The van der Waals surface area contributed by atoms with Crippen LogP contribution in [-0.2, 0) is 0 Å². The van der Waals surface area contributed by atoms with Crippen LogP contribution in [0.15, 0.2) is 39.5 Å². The van der Waals surface area contributed by atoms with Crippen molar-refractivity contribution in [1.82, 2.24) is 9.97 Å². The highest BCUT2D eigenvalue weighted by Gasteiger charge is 2.19. The van der Waals surface area contributed by atoms with Crippen LogP contribution in [0.1, 0.15) is 26.7 Å². The Morgan fingerprint density at radius 3 is 2.62 bits per heavy atom. The van der Waals surface area contributed by atoms with Gasteiger partial charge in [-0.05, 0) is 25.0 Å². The molecule has 0 amide bonds. The van der Waals surface area contributed by atoms with Crippen molar-refractivity contribution in [3.05, 3.63) is 40.7 Å². The molecular formula is C20H21N3O3.